The van der Waals surface area contributed by atoms with E-state index in [1.54, 1.807) is 17.7 Å². The fraction of sp³-hybridized carbons (Fsp3) is 0.400. The molecule has 0 bridgehead atoms. The van der Waals surface area contributed by atoms with Gasteiger partial charge >= 0.3 is 0 Å². The van der Waals surface area contributed by atoms with E-state index in [0.717, 1.165) is 24.4 Å². The van der Waals surface area contributed by atoms with Crippen molar-refractivity contribution in [3.05, 3.63) is 36.2 Å². The predicted octanol–water partition coefficient (Wildman–Crippen LogP) is 2.95. The number of anilines is 1. The van der Waals surface area contributed by atoms with Crippen LogP contribution in [0.3, 0.4) is 0 Å². The van der Waals surface area contributed by atoms with Gasteiger partial charge in [-0.15, -0.1) is 11.3 Å². The van der Waals surface area contributed by atoms with Crippen LogP contribution in [0.25, 0.3) is 10.2 Å². The highest BCUT2D eigenvalue weighted by Gasteiger charge is 2.26. The maximum atomic E-state index is 4.58. The molecule has 3 aromatic heterocycles. The monoisotopic (exact) mass is 299 g/mol. The molecule has 0 spiro atoms. The predicted molar refractivity (Wildman–Crippen MR) is 84.6 cm³/mol. The molecule has 1 saturated heterocycles. The molecule has 0 radical (unpaired) electrons. The van der Waals surface area contributed by atoms with Gasteiger partial charge in [-0.05, 0) is 36.8 Å². The summed E-state index contributed by atoms with van der Waals surface area (Å²) in [4.78, 5) is 11.4. The Bertz CT molecular complexity index is 721. The average Bonchev–Trinajstić information content (AvgIpc) is 3.18. The minimum atomic E-state index is 0.457. The number of hydrogen-bond donors (Lipinski definition) is 0. The largest absolute Gasteiger partial charge is 0.350 e. The molecule has 1 aliphatic heterocycles. The molecular formula is C15H17N5S. The second-order valence-corrected chi connectivity index (χ2v) is 6.32. The van der Waals surface area contributed by atoms with Crippen molar-refractivity contribution in [2.24, 2.45) is 0 Å². The lowest BCUT2D eigenvalue weighted by molar-refractivity contribution is 0.397. The van der Waals surface area contributed by atoms with Crippen molar-refractivity contribution in [2.45, 2.75) is 31.8 Å². The van der Waals surface area contributed by atoms with E-state index in [0.29, 0.717) is 6.04 Å². The molecule has 0 N–H and O–H groups in total. The van der Waals surface area contributed by atoms with E-state index in [-0.39, 0.29) is 0 Å². The first-order chi connectivity index (χ1) is 10.4. The lowest BCUT2D eigenvalue weighted by Crippen LogP contribution is -2.42. The molecule has 108 valence electrons. The van der Waals surface area contributed by atoms with Crippen LogP contribution >= 0.6 is 11.3 Å². The Kier molecular flexibility index (Phi) is 3.31. The normalized spacial score (nSPS) is 19.2. The van der Waals surface area contributed by atoms with E-state index in [4.69, 9.17) is 0 Å². The van der Waals surface area contributed by atoms with Crippen LogP contribution in [0.15, 0.2) is 36.2 Å². The maximum Gasteiger partial charge on any atom is 0.150 e. The Hall–Kier alpha value is -1.95. The van der Waals surface area contributed by atoms with E-state index in [1.165, 1.54) is 24.0 Å². The summed E-state index contributed by atoms with van der Waals surface area (Å²) < 4.78 is 3.22. The highest BCUT2D eigenvalue weighted by molar-refractivity contribution is 7.17. The third kappa shape index (κ3) is 2.40. The maximum absolute atomic E-state index is 4.58. The van der Waals surface area contributed by atoms with Gasteiger partial charge in [0.05, 0.1) is 22.8 Å². The first-order valence-corrected chi connectivity index (χ1v) is 8.22. The fourth-order valence-corrected chi connectivity index (χ4v) is 3.92. The Balaban J connectivity index is 1.68. The van der Waals surface area contributed by atoms with Gasteiger partial charge in [0.1, 0.15) is 12.1 Å². The molecule has 21 heavy (non-hydrogen) atoms. The van der Waals surface area contributed by atoms with Crippen LogP contribution in [0.4, 0.5) is 5.82 Å². The van der Waals surface area contributed by atoms with Gasteiger partial charge in [-0.3, -0.25) is 4.68 Å². The van der Waals surface area contributed by atoms with Gasteiger partial charge in [0, 0.05) is 18.9 Å². The molecule has 4 rings (SSSR count). The molecule has 0 aliphatic carbocycles. The van der Waals surface area contributed by atoms with Crippen LogP contribution in [0.1, 0.15) is 19.3 Å². The second-order valence-electron chi connectivity index (χ2n) is 5.40. The minimum absolute atomic E-state index is 0.457. The smallest absolute Gasteiger partial charge is 0.150 e. The highest BCUT2D eigenvalue weighted by Crippen LogP contribution is 2.32. The summed E-state index contributed by atoms with van der Waals surface area (Å²) in [5, 5.41) is 6.44. The van der Waals surface area contributed by atoms with Crippen LogP contribution in [-0.4, -0.2) is 32.3 Å². The lowest BCUT2D eigenvalue weighted by Gasteiger charge is -2.36. The van der Waals surface area contributed by atoms with Crippen molar-refractivity contribution < 1.29 is 0 Å². The summed E-state index contributed by atoms with van der Waals surface area (Å²) in [6.07, 6.45) is 9.26. The van der Waals surface area contributed by atoms with Crippen molar-refractivity contribution in [2.75, 3.05) is 11.4 Å². The molecule has 1 fully saturated rings. The molecule has 0 aromatic carbocycles. The van der Waals surface area contributed by atoms with E-state index in [1.807, 2.05) is 23.1 Å². The summed E-state index contributed by atoms with van der Waals surface area (Å²) in [6.45, 7) is 1.99. The quantitative estimate of drug-likeness (QED) is 0.746. The number of nitrogens with zero attached hydrogens (tertiary/aromatic N) is 5. The van der Waals surface area contributed by atoms with Crippen LogP contribution in [0.5, 0.6) is 0 Å². The van der Waals surface area contributed by atoms with Gasteiger partial charge in [-0.2, -0.15) is 5.10 Å². The molecule has 0 saturated carbocycles. The van der Waals surface area contributed by atoms with Crippen molar-refractivity contribution in [1.29, 1.82) is 0 Å². The first-order valence-electron chi connectivity index (χ1n) is 7.34. The number of hydrogen-bond acceptors (Lipinski definition) is 5. The van der Waals surface area contributed by atoms with E-state index < -0.39 is 0 Å². The zero-order chi connectivity index (χ0) is 14.1. The van der Waals surface area contributed by atoms with Crippen LogP contribution in [-0.2, 0) is 6.54 Å². The van der Waals surface area contributed by atoms with Gasteiger partial charge in [0.15, 0.2) is 0 Å². The first kappa shape index (κ1) is 12.8. The Labute approximate surface area is 127 Å². The van der Waals surface area contributed by atoms with Gasteiger partial charge < -0.3 is 4.90 Å². The molecule has 3 aromatic rings. The zero-order valence-corrected chi connectivity index (χ0v) is 12.5. The van der Waals surface area contributed by atoms with Crippen LogP contribution in [0.2, 0.25) is 0 Å². The molecule has 4 heterocycles. The minimum Gasteiger partial charge on any atom is -0.350 e. The molecule has 0 amide bonds. The van der Waals surface area contributed by atoms with Crippen LogP contribution < -0.4 is 4.90 Å². The number of aromatic nitrogens is 4. The standard InChI is InChI=1S/C15H17N5S/c1-2-8-20(12(4-1)10-19-7-3-6-18-19)15-14-13(5-9-21-14)16-11-17-15/h3,5-7,9,11-12H,1-2,4,8,10H2/t12-/m0/s1. The summed E-state index contributed by atoms with van der Waals surface area (Å²) in [5.74, 6) is 1.09. The zero-order valence-electron chi connectivity index (χ0n) is 11.7. The number of fused-ring (bicyclic) bond motifs is 1. The number of rotatable bonds is 3. The van der Waals surface area contributed by atoms with Crippen molar-refractivity contribution >= 4 is 27.4 Å². The van der Waals surface area contributed by atoms with E-state index >= 15 is 0 Å². The molecular weight excluding hydrogens is 282 g/mol. The number of piperidine rings is 1. The second kappa shape index (κ2) is 5.44. The summed E-state index contributed by atoms with van der Waals surface area (Å²) in [6, 6.07) is 4.51. The van der Waals surface area contributed by atoms with Gasteiger partial charge in [-0.25, -0.2) is 9.97 Å². The number of thiophene rings is 1. The topological polar surface area (TPSA) is 46.8 Å². The Morgan fingerprint density at radius 3 is 3.19 bits per heavy atom. The van der Waals surface area contributed by atoms with Crippen LogP contribution in [0, 0.1) is 0 Å². The van der Waals surface area contributed by atoms with E-state index in [9.17, 15) is 0 Å². The Morgan fingerprint density at radius 1 is 1.29 bits per heavy atom. The van der Waals surface area contributed by atoms with Crippen molar-refractivity contribution in [3.8, 4) is 0 Å². The summed E-state index contributed by atoms with van der Waals surface area (Å²) in [7, 11) is 0. The molecule has 1 atom stereocenters. The van der Waals surface area contributed by atoms with Crippen molar-refractivity contribution in [1.82, 2.24) is 19.7 Å². The van der Waals surface area contributed by atoms with Gasteiger partial charge in [0.2, 0.25) is 0 Å². The lowest BCUT2D eigenvalue weighted by atomic mass is 10.0. The molecule has 1 aliphatic rings. The molecule has 0 unspecified atom stereocenters. The molecule has 6 heteroatoms. The molecule has 5 nitrogen and oxygen atoms in total. The Morgan fingerprint density at radius 2 is 2.29 bits per heavy atom. The third-order valence-electron chi connectivity index (χ3n) is 4.08. The third-order valence-corrected chi connectivity index (χ3v) is 4.98. The SMILES string of the molecule is c1cnn(C[C@@H]2CCCCN2c2ncnc3ccsc23)c1. The van der Waals surface area contributed by atoms with Crippen molar-refractivity contribution in [3.63, 3.8) is 0 Å². The average molecular weight is 299 g/mol. The summed E-state index contributed by atoms with van der Waals surface area (Å²) in [5.41, 5.74) is 1.05. The fourth-order valence-electron chi connectivity index (χ4n) is 3.07. The summed E-state index contributed by atoms with van der Waals surface area (Å²) >= 11 is 1.73. The van der Waals surface area contributed by atoms with E-state index in [2.05, 4.69) is 31.4 Å². The van der Waals surface area contributed by atoms with Gasteiger partial charge in [0.25, 0.3) is 0 Å². The van der Waals surface area contributed by atoms with Gasteiger partial charge in [-0.1, -0.05) is 0 Å². The highest BCUT2D eigenvalue weighted by atomic mass is 32.1.